The van der Waals surface area contributed by atoms with Crippen LogP contribution >= 0.6 is 11.6 Å². The van der Waals surface area contributed by atoms with Crippen molar-refractivity contribution in [3.63, 3.8) is 0 Å². The number of hydrogen-bond acceptors (Lipinski definition) is 6. The summed E-state index contributed by atoms with van der Waals surface area (Å²) in [5.74, 6) is 0.462. The van der Waals surface area contributed by atoms with Crippen LogP contribution in [0.5, 0.6) is 0 Å². The van der Waals surface area contributed by atoms with Gasteiger partial charge >= 0.3 is 0 Å². The van der Waals surface area contributed by atoms with Gasteiger partial charge in [0, 0.05) is 31.8 Å². The molecule has 9 nitrogen and oxygen atoms in total. The Labute approximate surface area is 172 Å². The minimum Gasteiger partial charge on any atom is -0.382 e. The van der Waals surface area contributed by atoms with E-state index in [0.29, 0.717) is 35.1 Å². The number of pyridine rings is 1. The lowest BCUT2D eigenvalue weighted by molar-refractivity contribution is -0.145. The maximum atomic E-state index is 13.1. The van der Waals surface area contributed by atoms with Gasteiger partial charge in [0.15, 0.2) is 5.82 Å². The van der Waals surface area contributed by atoms with Crippen LogP contribution in [0.3, 0.4) is 0 Å². The topological polar surface area (TPSA) is 110 Å². The summed E-state index contributed by atoms with van der Waals surface area (Å²) in [5.41, 5.74) is 6.98. The fourth-order valence-electron chi connectivity index (χ4n) is 3.75. The van der Waals surface area contributed by atoms with Crippen LogP contribution in [0, 0.1) is 0 Å². The molecule has 29 heavy (non-hydrogen) atoms. The molecule has 0 unspecified atom stereocenters. The summed E-state index contributed by atoms with van der Waals surface area (Å²) >= 11 is 6.33. The van der Waals surface area contributed by atoms with Gasteiger partial charge in [-0.3, -0.25) is 14.5 Å². The highest BCUT2D eigenvalue weighted by atomic mass is 35.5. The van der Waals surface area contributed by atoms with Gasteiger partial charge in [-0.05, 0) is 32.0 Å². The van der Waals surface area contributed by atoms with Crippen molar-refractivity contribution in [2.45, 2.75) is 26.3 Å². The van der Waals surface area contributed by atoms with Crippen molar-refractivity contribution < 1.29 is 9.59 Å². The van der Waals surface area contributed by atoms with Crippen molar-refractivity contribution in [2.75, 3.05) is 23.7 Å². The average molecular weight is 414 g/mol. The van der Waals surface area contributed by atoms with E-state index in [0.717, 1.165) is 5.56 Å². The van der Waals surface area contributed by atoms with Gasteiger partial charge in [0.05, 0.1) is 10.7 Å². The molecule has 0 bridgehead atoms. The molecular weight excluding hydrogens is 394 g/mol. The second kappa shape index (κ2) is 6.70. The second-order valence-corrected chi connectivity index (χ2v) is 7.78. The number of piperazine rings is 1. The molecule has 4 heterocycles. The molecule has 0 aliphatic carbocycles. The molecule has 2 amide bonds. The first-order chi connectivity index (χ1) is 13.7. The summed E-state index contributed by atoms with van der Waals surface area (Å²) in [6, 6.07) is 5.36. The fraction of sp³-hybridized carbons (Fsp3) is 0.316. The Morgan fingerprint density at radius 1 is 1.24 bits per heavy atom. The van der Waals surface area contributed by atoms with Crippen LogP contribution in [0.4, 0.5) is 11.6 Å². The summed E-state index contributed by atoms with van der Waals surface area (Å²) in [6.07, 6.45) is 2.98. The van der Waals surface area contributed by atoms with Crippen molar-refractivity contribution in [1.82, 2.24) is 24.5 Å². The summed E-state index contributed by atoms with van der Waals surface area (Å²) < 4.78 is 1.61. The number of fused-ring (bicyclic) bond motifs is 1. The molecule has 0 radical (unpaired) electrons. The Bertz CT molecular complexity index is 1140. The first-order valence-corrected chi connectivity index (χ1v) is 9.44. The lowest BCUT2D eigenvalue weighted by Crippen LogP contribution is -2.64. The predicted octanol–water partition coefficient (Wildman–Crippen LogP) is 2.00. The maximum absolute atomic E-state index is 13.1. The van der Waals surface area contributed by atoms with Gasteiger partial charge in [0.2, 0.25) is 5.91 Å². The van der Waals surface area contributed by atoms with Crippen LogP contribution in [-0.4, -0.2) is 54.9 Å². The number of anilines is 2. The molecule has 1 saturated heterocycles. The van der Waals surface area contributed by atoms with Crippen LogP contribution in [0.15, 0.2) is 30.7 Å². The van der Waals surface area contributed by atoms with Gasteiger partial charge in [-0.1, -0.05) is 11.6 Å². The van der Waals surface area contributed by atoms with Crippen molar-refractivity contribution in [2.24, 2.45) is 0 Å². The standard InChI is InChI=1S/C19H20ClN7O2/c1-11(28)26-7-6-25(18(29)19(26,2)3)15-8-12(4-5-22-15)14-9-13(20)16-17(21)23-10-24-27(14)16/h4-5,8-10H,6-7H2,1-3H3,(H2,21,23,24). The van der Waals surface area contributed by atoms with Gasteiger partial charge in [0.1, 0.15) is 23.2 Å². The largest absolute Gasteiger partial charge is 0.382 e. The summed E-state index contributed by atoms with van der Waals surface area (Å²) in [7, 11) is 0. The van der Waals surface area contributed by atoms with Crippen molar-refractivity contribution in [3.8, 4) is 11.3 Å². The minimum atomic E-state index is -0.950. The van der Waals surface area contributed by atoms with Gasteiger partial charge in [-0.25, -0.2) is 14.5 Å². The fourth-order valence-corrected chi connectivity index (χ4v) is 4.03. The molecule has 0 atom stereocenters. The Balaban J connectivity index is 1.75. The summed E-state index contributed by atoms with van der Waals surface area (Å²) in [6.45, 7) is 5.75. The Morgan fingerprint density at radius 2 is 2.00 bits per heavy atom. The zero-order valence-electron chi connectivity index (χ0n) is 16.3. The first-order valence-electron chi connectivity index (χ1n) is 9.06. The van der Waals surface area contributed by atoms with E-state index in [1.54, 1.807) is 52.6 Å². The van der Waals surface area contributed by atoms with Crippen LogP contribution in [0.1, 0.15) is 20.8 Å². The molecule has 3 aromatic rings. The number of nitrogens with zero attached hydrogens (tertiary/aromatic N) is 6. The maximum Gasteiger partial charge on any atom is 0.253 e. The number of nitrogens with two attached hydrogens (primary N) is 1. The van der Waals surface area contributed by atoms with E-state index in [9.17, 15) is 9.59 Å². The Kier molecular flexibility index (Phi) is 4.42. The Hall–Kier alpha value is -3.20. The van der Waals surface area contributed by atoms with E-state index in [2.05, 4.69) is 15.1 Å². The zero-order valence-corrected chi connectivity index (χ0v) is 17.0. The molecule has 3 aromatic heterocycles. The highest BCUT2D eigenvalue weighted by Gasteiger charge is 2.44. The molecular formula is C19H20ClN7O2. The number of amides is 2. The molecule has 10 heteroatoms. The zero-order chi connectivity index (χ0) is 20.9. The molecule has 1 fully saturated rings. The summed E-state index contributed by atoms with van der Waals surface area (Å²) in [4.78, 5) is 36.5. The number of hydrogen-bond donors (Lipinski definition) is 1. The quantitative estimate of drug-likeness (QED) is 0.688. The molecule has 150 valence electrons. The third-order valence-electron chi connectivity index (χ3n) is 5.22. The lowest BCUT2D eigenvalue weighted by atomic mass is 9.97. The third-order valence-corrected chi connectivity index (χ3v) is 5.51. The number of halogens is 1. The highest BCUT2D eigenvalue weighted by Crippen LogP contribution is 2.33. The van der Waals surface area contributed by atoms with Gasteiger partial charge in [-0.15, -0.1) is 0 Å². The average Bonchev–Trinajstić information content (AvgIpc) is 3.01. The van der Waals surface area contributed by atoms with E-state index in [1.807, 2.05) is 0 Å². The van der Waals surface area contributed by atoms with Crippen molar-refractivity contribution in [3.05, 3.63) is 35.7 Å². The van der Waals surface area contributed by atoms with Crippen LogP contribution < -0.4 is 10.6 Å². The van der Waals surface area contributed by atoms with Crippen molar-refractivity contribution in [1.29, 1.82) is 0 Å². The number of carbonyl (C=O) groups excluding carboxylic acids is 2. The molecule has 1 aliphatic heterocycles. The molecule has 0 aromatic carbocycles. The minimum absolute atomic E-state index is 0.128. The van der Waals surface area contributed by atoms with E-state index in [4.69, 9.17) is 17.3 Å². The summed E-state index contributed by atoms with van der Waals surface area (Å²) in [5, 5.41) is 4.68. The smallest absolute Gasteiger partial charge is 0.253 e. The SMILES string of the molecule is CC(=O)N1CCN(c2cc(-c3cc(Cl)c4c(N)ncnn34)ccn2)C(=O)C1(C)C. The first kappa shape index (κ1) is 19.1. The normalized spacial score (nSPS) is 16.5. The number of rotatable bonds is 2. The molecule has 2 N–H and O–H groups in total. The number of nitrogen functional groups attached to an aromatic ring is 1. The monoisotopic (exact) mass is 413 g/mol. The third kappa shape index (κ3) is 2.98. The van der Waals surface area contributed by atoms with E-state index in [-0.39, 0.29) is 17.6 Å². The second-order valence-electron chi connectivity index (χ2n) is 7.37. The van der Waals surface area contributed by atoms with Gasteiger partial charge in [-0.2, -0.15) is 5.10 Å². The van der Waals surface area contributed by atoms with E-state index < -0.39 is 5.54 Å². The van der Waals surface area contributed by atoms with Crippen LogP contribution in [0.25, 0.3) is 16.8 Å². The Morgan fingerprint density at radius 3 is 2.72 bits per heavy atom. The highest BCUT2D eigenvalue weighted by molar-refractivity contribution is 6.35. The molecule has 0 saturated carbocycles. The van der Waals surface area contributed by atoms with E-state index >= 15 is 0 Å². The molecule has 0 spiro atoms. The van der Waals surface area contributed by atoms with Gasteiger partial charge < -0.3 is 10.6 Å². The van der Waals surface area contributed by atoms with Crippen LogP contribution in [0.2, 0.25) is 5.02 Å². The van der Waals surface area contributed by atoms with E-state index in [1.165, 1.54) is 13.3 Å². The molecule has 4 rings (SSSR count). The number of aromatic nitrogens is 4. The van der Waals surface area contributed by atoms with Gasteiger partial charge in [0.25, 0.3) is 5.91 Å². The predicted molar refractivity (Wildman–Crippen MR) is 109 cm³/mol. The van der Waals surface area contributed by atoms with Crippen molar-refractivity contribution >= 4 is 40.6 Å². The van der Waals surface area contributed by atoms with Crippen LogP contribution in [-0.2, 0) is 9.59 Å². The number of carbonyl (C=O) groups is 2. The molecule has 1 aliphatic rings. The lowest BCUT2D eigenvalue weighted by Gasteiger charge is -2.45.